The van der Waals surface area contributed by atoms with Crippen LogP contribution in [0.15, 0.2) is 71.3 Å². The van der Waals surface area contributed by atoms with Crippen LogP contribution in [0.3, 0.4) is 0 Å². The highest BCUT2D eigenvalue weighted by Crippen LogP contribution is 2.14. The van der Waals surface area contributed by atoms with Gasteiger partial charge in [-0.25, -0.2) is 9.48 Å². The molecule has 3 aromatic rings. The maximum Gasteiger partial charge on any atom is 0.337 e. The number of benzene rings is 2. The maximum atomic E-state index is 12.2. The van der Waals surface area contributed by atoms with Gasteiger partial charge < -0.3 is 10.1 Å². The number of nitrogens with zero attached hydrogens (tertiary/aromatic N) is 2. The lowest BCUT2D eigenvalue weighted by molar-refractivity contribution is -0.111. The van der Waals surface area contributed by atoms with Crippen molar-refractivity contribution in [3.8, 4) is 0 Å². The maximum absolute atomic E-state index is 12.2. The standard InChI is InChI=1S/C21H18BrN3O3/c1-28-21(27)17-7-2-15(3-8-17)6-11-20(26)24-19-12-13-23-25(19)14-16-4-9-18(22)10-5-16/h2-13H,14H2,1H3,(H,24,26)/b11-6+. The van der Waals surface area contributed by atoms with Gasteiger partial charge in [-0.3, -0.25) is 4.79 Å². The largest absolute Gasteiger partial charge is 0.465 e. The molecule has 1 N–H and O–H groups in total. The number of carbonyl (C=O) groups excluding carboxylic acids is 2. The van der Waals surface area contributed by atoms with Crippen LogP contribution in [0.2, 0.25) is 0 Å². The molecular weight excluding hydrogens is 422 g/mol. The second kappa shape index (κ2) is 9.14. The molecule has 0 atom stereocenters. The molecule has 1 aromatic heterocycles. The smallest absolute Gasteiger partial charge is 0.337 e. The van der Waals surface area contributed by atoms with Gasteiger partial charge in [0.2, 0.25) is 5.91 Å². The number of ether oxygens (including phenoxy) is 1. The summed E-state index contributed by atoms with van der Waals surface area (Å²) in [5.41, 5.74) is 2.33. The van der Waals surface area contributed by atoms with E-state index in [2.05, 4.69) is 31.1 Å². The predicted molar refractivity (Wildman–Crippen MR) is 111 cm³/mol. The fraction of sp³-hybridized carbons (Fsp3) is 0.0952. The molecule has 1 heterocycles. The van der Waals surface area contributed by atoms with Gasteiger partial charge in [0.1, 0.15) is 5.82 Å². The molecule has 2 aromatic carbocycles. The van der Waals surface area contributed by atoms with Gasteiger partial charge >= 0.3 is 5.97 Å². The fourth-order valence-electron chi connectivity index (χ4n) is 2.52. The number of nitrogens with one attached hydrogen (secondary N) is 1. The average Bonchev–Trinajstić information content (AvgIpc) is 3.14. The van der Waals surface area contributed by atoms with Crippen LogP contribution in [0.5, 0.6) is 0 Å². The number of rotatable bonds is 6. The minimum atomic E-state index is -0.396. The van der Waals surface area contributed by atoms with Crippen molar-refractivity contribution in [3.05, 3.63) is 88.0 Å². The van der Waals surface area contributed by atoms with E-state index >= 15 is 0 Å². The zero-order valence-electron chi connectivity index (χ0n) is 15.1. The highest BCUT2D eigenvalue weighted by Gasteiger charge is 2.07. The summed E-state index contributed by atoms with van der Waals surface area (Å²) < 4.78 is 7.39. The second-order valence-corrected chi connectivity index (χ2v) is 6.85. The highest BCUT2D eigenvalue weighted by atomic mass is 79.9. The minimum absolute atomic E-state index is 0.269. The first kappa shape index (κ1) is 19.6. The van der Waals surface area contributed by atoms with Crippen LogP contribution in [-0.2, 0) is 16.1 Å². The summed E-state index contributed by atoms with van der Waals surface area (Å²) in [6.45, 7) is 0.550. The van der Waals surface area contributed by atoms with Crippen LogP contribution in [0.25, 0.3) is 6.08 Å². The van der Waals surface area contributed by atoms with E-state index in [1.807, 2.05) is 24.3 Å². The Morgan fingerprint density at radius 2 is 1.82 bits per heavy atom. The lowest BCUT2D eigenvalue weighted by Gasteiger charge is -2.08. The van der Waals surface area contributed by atoms with Gasteiger partial charge in [-0.2, -0.15) is 5.10 Å². The molecule has 0 aliphatic rings. The van der Waals surface area contributed by atoms with Crippen LogP contribution < -0.4 is 5.32 Å². The van der Waals surface area contributed by atoms with E-state index in [4.69, 9.17) is 0 Å². The molecule has 0 saturated carbocycles. The Bertz CT molecular complexity index is 992. The van der Waals surface area contributed by atoms with Gasteiger partial charge in [-0.05, 0) is 41.5 Å². The van der Waals surface area contributed by atoms with Gasteiger partial charge in [-0.15, -0.1) is 0 Å². The van der Waals surface area contributed by atoms with Gasteiger partial charge in [0, 0.05) is 16.6 Å². The molecule has 0 fully saturated rings. The van der Waals surface area contributed by atoms with Crippen molar-refractivity contribution in [3.63, 3.8) is 0 Å². The van der Waals surface area contributed by atoms with E-state index in [0.29, 0.717) is 17.9 Å². The molecule has 6 nitrogen and oxygen atoms in total. The number of methoxy groups -OCH3 is 1. The third kappa shape index (κ3) is 5.17. The third-order valence-corrected chi connectivity index (χ3v) is 4.50. The summed E-state index contributed by atoms with van der Waals surface area (Å²) in [6.07, 6.45) is 4.75. The summed E-state index contributed by atoms with van der Waals surface area (Å²) in [4.78, 5) is 23.7. The molecular formula is C21H18BrN3O3. The number of hydrogen-bond donors (Lipinski definition) is 1. The van der Waals surface area contributed by atoms with Gasteiger partial charge in [0.05, 0.1) is 25.4 Å². The number of aromatic nitrogens is 2. The Morgan fingerprint density at radius 3 is 2.50 bits per heavy atom. The minimum Gasteiger partial charge on any atom is -0.465 e. The number of halogens is 1. The Kier molecular flexibility index (Phi) is 6.39. The van der Waals surface area contributed by atoms with E-state index in [1.165, 1.54) is 13.2 Å². The first-order valence-electron chi connectivity index (χ1n) is 8.49. The second-order valence-electron chi connectivity index (χ2n) is 5.94. The van der Waals surface area contributed by atoms with Crippen molar-refractivity contribution in [1.29, 1.82) is 0 Å². The lowest BCUT2D eigenvalue weighted by Crippen LogP contribution is -2.13. The summed E-state index contributed by atoms with van der Waals surface area (Å²) in [5.74, 6) is -0.0551. The monoisotopic (exact) mass is 439 g/mol. The van der Waals surface area contributed by atoms with E-state index in [1.54, 1.807) is 47.3 Å². The number of esters is 1. The molecule has 0 bridgehead atoms. The third-order valence-electron chi connectivity index (χ3n) is 3.97. The SMILES string of the molecule is COC(=O)c1ccc(/C=C/C(=O)Nc2ccnn2Cc2ccc(Br)cc2)cc1. The lowest BCUT2D eigenvalue weighted by atomic mass is 10.1. The molecule has 142 valence electrons. The Hall–Kier alpha value is -3.19. The number of anilines is 1. The molecule has 1 amide bonds. The van der Waals surface area contributed by atoms with Crippen LogP contribution >= 0.6 is 15.9 Å². The topological polar surface area (TPSA) is 73.2 Å². The summed E-state index contributed by atoms with van der Waals surface area (Å²) >= 11 is 3.41. The highest BCUT2D eigenvalue weighted by molar-refractivity contribution is 9.10. The van der Waals surface area contributed by atoms with Crippen LogP contribution in [0, 0.1) is 0 Å². The van der Waals surface area contributed by atoms with Gasteiger partial charge in [0.25, 0.3) is 0 Å². The fourth-order valence-corrected chi connectivity index (χ4v) is 2.78. The Balaban J connectivity index is 1.62. The van der Waals surface area contributed by atoms with Crippen molar-refractivity contribution in [2.75, 3.05) is 12.4 Å². The first-order valence-corrected chi connectivity index (χ1v) is 9.28. The number of hydrogen-bond acceptors (Lipinski definition) is 4. The predicted octanol–water partition coefficient (Wildman–Crippen LogP) is 4.13. The van der Waals surface area contributed by atoms with Crippen molar-refractivity contribution in [2.45, 2.75) is 6.54 Å². The van der Waals surface area contributed by atoms with Crippen LogP contribution in [-0.4, -0.2) is 28.8 Å². The summed E-state index contributed by atoms with van der Waals surface area (Å²) in [7, 11) is 1.34. The molecule has 0 spiro atoms. The van der Waals surface area contributed by atoms with E-state index in [-0.39, 0.29) is 5.91 Å². The Labute approximate surface area is 171 Å². The van der Waals surface area contributed by atoms with Crippen molar-refractivity contribution in [2.24, 2.45) is 0 Å². The van der Waals surface area contributed by atoms with Crippen molar-refractivity contribution < 1.29 is 14.3 Å². The van der Waals surface area contributed by atoms with Crippen LogP contribution in [0.1, 0.15) is 21.5 Å². The molecule has 28 heavy (non-hydrogen) atoms. The molecule has 0 aliphatic carbocycles. The summed E-state index contributed by atoms with van der Waals surface area (Å²) in [5, 5.41) is 7.08. The average molecular weight is 440 g/mol. The van der Waals surface area contributed by atoms with E-state index in [0.717, 1.165) is 15.6 Å². The molecule has 0 radical (unpaired) electrons. The van der Waals surface area contributed by atoms with Crippen molar-refractivity contribution >= 4 is 39.7 Å². The zero-order chi connectivity index (χ0) is 19.9. The number of amides is 1. The molecule has 0 aliphatic heterocycles. The van der Waals surface area contributed by atoms with E-state index < -0.39 is 5.97 Å². The molecule has 0 unspecified atom stereocenters. The first-order chi connectivity index (χ1) is 13.5. The van der Waals surface area contributed by atoms with Crippen LogP contribution in [0.4, 0.5) is 5.82 Å². The number of carbonyl (C=O) groups is 2. The quantitative estimate of drug-likeness (QED) is 0.462. The molecule has 0 saturated heterocycles. The normalized spacial score (nSPS) is 10.8. The molecule has 3 rings (SSSR count). The zero-order valence-corrected chi connectivity index (χ0v) is 16.7. The summed E-state index contributed by atoms with van der Waals surface area (Å²) in [6, 6.07) is 16.5. The Morgan fingerprint density at radius 1 is 1.11 bits per heavy atom. The van der Waals surface area contributed by atoms with Gasteiger partial charge in [-0.1, -0.05) is 40.2 Å². The molecule has 7 heteroatoms. The van der Waals surface area contributed by atoms with E-state index in [9.17, 15) is 9.59 Å². The van der Waals surface area contributed by atoms with Gasteiger partial charge in [0.15, 0.2) is 0 Å². The van der Waals surface area contributed by atoms with Crippen molar-refractivity contribution in [1.82, 2.24) is 9.78 Å².